The van der Waals surface area contributed by atoms with Crippen LogP contribution in [-0.2, 0) is 4.79 Å². The fourth-order valence-corrected chi connectivity index (χ4v) is 3.27. The van der Waals surface area contributed by atoms with E-state index >= 15 is 0 Å². The summed E-state index contributed by atoms with van der Waals surface area (Å²) in [6.07, 6.45) is 6.55. The second-order valence-electron chi connectivity index (χ2n) is 4.96. The minimum absolute atomic E-state index is 0.0515. The Kier molecular flexibility index (Phi) is 4.72. The molecule has 5 heteroatoms. The molecule has 1 amide bonds. The van der Waals surface area contributed by atoms with Gasteiger partial charge in [-0.25, -0.2) is 4.98 Å². The highest BCUT2D eigenvalue weighted by molar-refractivity contribution is 7.09. The Morgan fingerprint density at radius 2 is 2.50 bits per heavy atom. The minimum Gasteiger partial charge on any atom is -0.347 e. The molecule has 1 aromatic rings. The first-order valence-electron chi connectivity index (χ1n) is 6.66. The zero-order chi connectivity index (χ0) is 13.0. The van der Waals surface area contributed by atoms with Gasteiger partial charge in [-0.15, -0.1) is 11.3 Å². The van der Waals surface area contributed by atoms with Crippen molar-refractivity contribution in [2.24, 2.45) is 11.7 Å². The molecule has 3 atom stereocenters. The molecule has 1 aromatic heterocycles. The van der Waals surface area contributed by atoms with E-state index in [1.165, 1.54) is 0 Å². The molecule has 1 aliphatic carbocycles. The van der Waals surface area contributed by atoms with Crippen molar-refractivity contribution in [3.63, 3.8) is 0 Å². The lowest BCUT2D eigenvalue weighted by atomic mass is 9.85. The molecule has 100 valence electrons. The third kappa shape index (κ3) is 3.29. The van der Waals surface area contributed by atoms with Crippen molar-refractivity contribution in [1.29, 1.82) is 0 Å². The van der Waals surface area contributed by atoms with Crippen LogP contribution in [0.5, 0.6) is 0 Å². The first-order chi connectivity index (χ1) is 8.70. The monoisotopic (exact) mass is 267 g/mol. The van der Waals surface area contributed by atoms with Gasteiger partial charge < -0.3 is 11.1 Å². The average molecular weight is 267 g/mol. The summed E-state index contributed by atoms with van der Waals surface area (Å²) in [6.45, 7) is 2.07. The van der Waals surface area contributed by atoms with Gasteiger partial charge in [-0.3, -0.25) is 4.79 Å². The molecule has 2 rings (SSSR count). The molecular weight excluding hydrogens is 246 g/mol. The van der Waals surface area contributed by atoms with Crippen molar-refractivity contribution in [3.8, 4) is 0 Å². The number of rotatable bonds is 4. The van der Waals surface area contributed by atoms with Gasteiger partial charge in [0.1, 0.15) is 5.01 Å². The number of hydrogen-bond donors (Lipinski definition) is 2. The van der Waals surface area contributed by atoms with Crippen LogP contribution in [0, 0.1) is 5.92 Å². The highest BCUT2D eigenvalue weighted by Crippen LogP contribution is 2.25. The Hall–Kier alpha value is -0.940. The summed E-state index contributed by atoms with van der Waals surface area (Å²) in [4.78, 5) is 16.5. The highest BCUT2D eigenvalue weighted by atomic mass is 32.1. The normalized spacial score (nSPS) is 25.7. The smallest absolute Gasteiger partial charge is 0.223 e. The van der Waals surface area contributed by atoms with Crippen LogP contribution in [0.2, 0.25) is 0 Å². The predicted octanol–water partition coefficient (Wildman–Crippen LogP) is 2.23. The molecule has 0 aromatic carbocycles. The molecule has 0 bridgehead atoms. The van der Waals surface area contributed by atoms with Gasteiger partial charge in [-0.05, 0) is 25.7 Å². The molecule has 0 radical (unpaired) electrons. The predicted molar refractivity (Wildman–Crippen MR) is 73.2 cm³/mol. The highest BCUT2D eigenvalue weighted by Gasteiger charge is 2.27. The van der Waals surface area contributed by atoms with Gasteiger partial charge in [0.25, 0.3) is 0 Å². The Balaban J connectivity index is 1.93. The van der Waals surface area contributed by atoms with Crippen LogP contribution in [0.3, 0.4) is 0 Å². The summed E-state index contributed by atoms with van der Waals surface area (Å²) in [6, 6.07) is 0.241. The molecule has 0 saturated heterocycles. The number of hydrogen-bond acceptors (Lipinski definition) is 4. The van der Waals surface area contributed by atoms with E-state index in [0.29, 0.717) is 0 Å². The van der Waals surface area contributed by atoms with Crippen LogP contribution in [0.1, 0.15) is 50.1 Å². The fourth-order valence-electron chi connectivity index (χ4n) is 2.50. The van der Waals surface area contributed by atoms with Gasteiger partial charge in [0, 0.05) is 23.5 Å². The van der Waals surface area contributed by atoms with Gasteiger partial charge in [0.05, 0.1) is 6.04 Å². The Labute approximate surface area is 112 Å². The summed E-state index contributed by atoms with van der Waals surface area (Å²) in [5.41, 5.74) is 5.93. The number of thiazole rings is 1. The van der Waals surface area contributed by atoms with Crippen molar-refractivity contribution in [2.75, 3.05) is 0 Å². The standard InChI is InChI=1S/C13H21N3OS/c1-2-11(13-15-6-7-18-13)16-12(17)9-4-3-5-10(14)8-9/h6-7,9-11H,2-5,8,14H2,1H3,(H,16,17). The summed E-state index contributed by atoms with van der Waals surface area (Å²) < 4.78 is 0. The lowest BCUT2D eigenvalue weighted by molar-refractivity contribution is -0.126. The topological polar surface area (TPSA) is 68.0 Å². The average Bonchev–Trinajstić information content (AvgIpc) is 2.89. The van der Waals surface area contributed by atoms with Gasteiger partial charge in [0.2, 0.25) is 5.91 Å². The zero-order valence-electron chi connectivity index (χ0n) is 10.8. The minimum atomic E-state index is 0.0515. The molecule has 1 aliphatic rings. The van der Waals surface area contributed by atoms with Gasteiger partial charge in [-0.2, -0.15) is 0 Å². The third-order valence-electron chi connectivity index (χ3n) is 3.56. The number of nitrogens with one attached hydrogen (secondary N) is 1. The molecule has 3 unspecified atom stereocenters. The summed E-state index contributed by atoms with van der Waals surface area (Å²) >= 11 is 1.59. The Morgan fingerprint density at radius 3 is 3.11 bits per heavy atom. The van der Waals surface area contributed by atoms with Crippen LogP contribution < -0.4 is 11.1 Å². The third-order valence-corrected chi connectivity index (χ3v) is 4.45. The van der Waals surface area contributed by atoms with Crippen LogP contribution in [0.15, 0.2) is 11.6 Å². The van der Waals surface area contributed by atoms with Crippen molar-refractivity contribution in [1.82, 2.24) is 10.3 Å². The maximum Gasteiger partial charge on any atom is 0.223 e. The van der Waals surface area contributed by atoms with Gasteiger partial charge in [0.15, 0.2) is 0 Å². The number of carbonyl (C=O) groups is 1. The van der Waals surface area contributed by atoms with Crippen molar-refractivity contribution < 1.29 is 4.79 Å². The van der Waals surface area contributed by atoms with E-state index < -0.39 is 0 Å². The summed E-state index contributed by atoms with van der Waals surface area (Å²) in [5.74, 6) is 0.231. The summed E-state index contributed by atoms with van der Waals surface area (Å²) in [5, 5.41) is 6.05. The van der Waals surface area contributed by atoms with E-state index in [1.54, 1.807) is 17.5 Å². The molecule has 1 heterocycles. The van der Waals surface area contributed by atoms with E-state index in [0.717, 1.165) is 37.1 Å². The second-order valence-corrected chi connectivity index (χ2v) is 5.89. The lowest BCUT2D eigenvalue weighted by Crippen LogP contribution is -2.39. The summed E-state index contributed by atoms with van der Waals surface area (Å²) in [7, 11) is 0. The molecular formula is C13H21N3OS. The Morgan fingerprint density at radius 1 is 1.67 bits per heavy atom. The van der Waals surface area contributed by atoms with Gasteiger partial charge >= 0.3 is 0 Å². The largest absolute Gasteiger partial charge is 0.347 e. The number of carbonyl (C=O) groups excluding carboxylic acids is 1. The molecule has 1 fully saturated rings. The molecule has 4 nitrogen and oxygen atoms in total. The van der Waals surface area contributed by atoms with Crippen LogP contribution in [0.4, 0.5) is 0 Å². The van der Waals surface area contributed by atoms with E-state index in [1.807, 2.05) is 5.38 Å². The number of amides is 1. The lowest BCUT2D eigenvalue weighted by Gasteiger charge is -2.27. The molecule has 18 heavy (non-hydrogen) atoms. The maximum atomic E-state index is 12.2. The molecule has 3 N–H and O–H groups in total. The SMILES string of the molecule is CCC(NC(=O)C1CCCC(N)C1)c1nccs1. The second kappa shape index (κ2) is 6.29. The first kappa shape index (κ1) is 13.5. The van der Waals surface area contributed by atoms with Crippen molar-refractivity contribution in [2.45, 2.75) is 51.1 Å². The zero-order valence-corrected chi connectivity index (χ0v) is 11.6. The van der Waals surface area contributed by atoms with E-state index in [2.05, 4.69) is 17.2 Å². The Bertz CT molecular complexity index is 380. The van der Waals surface area contributed by atoms with E-state index in [9.17, 15) is 4.79 Å². The molecule has 1 saturated carbocycles. The van der Waals surface area contributed by atoms with Gasteiger partial charge in [-0.1, -0.05) is 13.3 Å². The number of nitrogens with two attached hydrogens (primary N) is 1. The van der Waals surface area contributed by atoms with Crippen molar-refractivity contribution >= 4 is 17.2 Å². The number of nitrogens with zero attached hydrogens (tertiary/aromatic N) is 1. The van der Waals surface area contributed by atoms with Crippen LogP contribution in [-0.4, -0.2) is 16.9 Å². The van der Waals surface area contributed by atoms with E-state index in [4.69, 9.17) is 5.73 Å². The van der Waals surface area contributed by atoms with Crippen molar-refractivity contribution in [3.05, 3.63) is 16.6 Å². The van der Waals surface area contributed by atoms with E-state index in [-0.39, 0.29) is 23.9 Å². The molecule has 0 spiro atoms. The first-order valence-corrected chi connectivity index (χ1v) is 7.54. The quantitative estimate of drug-likeness (QED) is 0.879. The molecule has 0 aliphatic heterocycles. The fraction of sp³-hybridized carbons (Fsp3) is 0.692. The van der Waals surface area contributed by atoms with Crippen LogP contribution in [0.25, 0.3) is 0 Å². The van der Waals surface area contributed by atoms with Crippen LogP contribution >= 0.6 is 11.3 Å². The maximum absolute atomic E-state index is 12.2. The number of aromatic nitrogens is 1.